The fourth-order valence-electron chi connectivity index (χ4n) is 5.05. The molecule has 33 heavy (non-hydrogen) atoms. The van der Waals surface area contributed by atoms with Crippen LogP contribution in [-0.2, 0) is 26.0 Å². The van der Waals surface area contributed by atoms with Gasteiger partial charge in [0.15, 0.2) is 0 Å². The Bertz CT molecular complexity index is 985. The second kappa shape index (κ2) is 10.1. The molecule has 2 amide bonds. The number of carbonyl (C=O) groups excluding carboxylic acids is 2. The van der Waals surface area contributed by atoms with Crippen molar-refractivity contribution in [2.24, 2.45) is 0 Å². The van der Waals surface area contributed by atoms with Gasteiger partial charge in [-0.3, -0.25) is 19.4 Å². The number of hydrogen-bond acceptors (Lipinski definition) is 6. The van der Waals surface area contributed by atoms with E-state index in [1.165, 1.54) is 16.1 Å². The molecule has 2 fully saturated rings. The number of hydrogen-bond donors (Lipinski definition) is 1. The summed E-state index contributed by atoms with van der Waals surface area (Å²) in [4.78, 5) is 31.9. The van der Waals surface area contributed by atoms with E-state index in [9.17, 15) is 18.0 Å². The maximum absolute atomic E-state index is 13.0. The van der Waals surface area contributed by atoms with Crippen LogP contribution in [0, 0.1) is 0 Å². The number of rotatable bonds is 7. The van der Waals surface area contributed by atoms with Gasteiger partial charge in [0.25, 0.3) is 0 Å². The van der Waals surface area contributed by atoms with Crippen LogP contribution in [0.5, 0.6) is 0 Å². The summed E-state index contributed by atoms with van der Waals surface area (Å²) < 4.78 is 27.4. The molecule has 3 aliphatic rings. The van der Waals surface area contributed by atoms with Gasteiger partial charge in [0.1, 0.15) is 6.04 Å². The van der Waals surface area contributed by atoms with Gasteiger partial charge < -0.3 is 10.2 Å². The lowest BCUT2D eigenvalue weighted by Gasteiger charge is -2.34. The normalized spacial score (nSPS) is 22.5. The highest BCUT2D eigenvalue weighted by atomic mass is 32.2. The second-order valence-corrected chi connectivity index (χ2v) is 11.0. The van der Waals surface area contributed by atoms with Crippen LogP contribution in [0.25, 0.3) is 0 Å². The number of benzene rings is 1. The summed E-state index contributed by atoms with van der Waals surface area (Å²) in [6, 6.07) is 4.21. The summed E-state index contributed by atoms with van der Waals surface area (Å²) in [7, 11) is -3.55. The van der Waals surface area contributed by atoms with Crippen molar-refractivity contribution in [2.75, 3.05) is 63.8 Å². The fraction of sp³-hybridized carbons (Fsp3) is 0.652. The van der Waals surface area contributed by atoms with E-state index in [0.29, 0.717) is 31.7 Å². The number of likely N-dealkylation sites (N-methyl/N-ethyl adjacent to an activating group) is 1. The maximum atomic E-state index is 13.0. The summed E-state index contributed by atoms with van der Waals surface area (Å²) in [5.74, 6) is -0.419. The van der Waals surface area contributed by atoms with Crippen molar-refractivity contribution in [3.63, 3.8) is 0 Å². The first kappa shape index (κ1) is 24.1. The summed E-state index contributed by atoms with van der Waals surface area (Å²) in [6.07, 6.45) is 2.07. The molecule has 9 nitrogen and oxygen atoms in total. The minimum atomic E-state index is -3.55. The number of nitrogens with zero attached hydrogens (tertiary/aromatic N) is 4. The predicted octanol–water partition coefficient (Wildman–Crippen LogP) is 0.502. The summed E-state index contributed by atoms with van der Waals surface area (Å²) in [6.45, 7) is 11.1. The molecule has 10 heteroatoms. The minimum Gasteiger partial charge on any atom is -0.353 e. The van der Waals surface area contributed by atoms with Crippen molar-refractivity contribution in [1.29, 1.82) is 0 Å². The monoisotopic (exact) mass is 477 g/mol. The first-order valence-corrected chi connectivity index (χ1v) is 13.4. The molecule has 0 unspecified atom stereocenters. The number of carbonyl (C=O) groups is 2. The van der Waals surface area contributed by atoms with Gasteiger partial charge in [-0.05, 0) is 43.1 Å². The number of sulfonamides is 1. The standard InChI is InChI=1S/C23H35N5O4S/c1-3-25-12-14-26(15-13-25)11-8-24-23(30)22-17-19-16-20(6-7-21(19)28(22)18(2)29)33(31,32)27-9-4-5-10-27/h6-7,16,22H,3-5,8-15,17H2,1-2H3,(H,24,30)/t22-/m1/s1. The Balaban J connectivity index is 1.40. The molecule has 3 aliphatic heterocycles. The van der Waals surface area contributed by atoms with E-state index >= 15 is 0 Å². The predicted molar refractivity (Wildman–Crippen MR) is 127 cm³/mol. The van der Waals surface area contributed by atoms with Gasteiger partial charge in [0.2, 0.25) is 21.8 Å². The van der Waals surface area contributed by atoms with Crippen molar-refractivity contribution >= 4 is 27.5 Å². The Hall–Kier alpha value is -2.01. The number of nitrogens with one attached hydrogen (secondary N) is 1. The molecule has 0 aromatic heterocycles. The SMILES string of the molecule is CCN1CCN(CCNC(=O)[C@H]2Cc3cc(S(=O)(=O)N4CCCC4)ccc3N2C(C)=O)CC1. The van der Waals surface area contributed by atoms with Gasteiger partial charge >= 0.3 is 0 Å². The van der Waals surface area contributed by atoms with Crippen LogP contribution in [0.2, 0.25) is 0 Å². The van der Waals surface area contributed by atoms with Gasteiger partial charge in [-0.15, -0.1) is 0 Å². The van der Waals surface area contributed by atoms with E-state index < -0.39 is 16.1 Å². The molecular weight excluding hydrogens is 442 g/mol. The zero-order valence-corrected chi connectivity index (χ0v) is 20.4. The Kier molecular flexibility index (Phi) is 7.37. The van der Waals surface area contributed by atoms with Crippen LogP contribution >= 0.6 is 0 Å². The lowest BCUT2D eigenvalue weighted by Crippen LogP contribution is -2.51. The molecule has 0 radical (unpaired) electrons. The maximum Gasteiger partial charge on any atom is 0.243 e. The quantitative estimate of drug-likeness (QED) is 0.615. The molecule has 1 aromatic carbocycles. The molecule has 1 atom stereocenters. The van der Waals surface area contributed by atoms with Crippen molar-refractivity contribution in [1.82, 2.24) is 19.4 Å². The van der Waals surface area contributed by atoms with Gasteiger partial charge in [-0.1, -0.05) is 6.92 Å². The number of fused-ring (bicyclic) bond motifs is 1. The highest BCUT2D eigenvalue weighted by Gasteiger charge is 2.38. The highest BCUT2D eigenvalue weighted by Crippen LogP contribution is 2.35. The molecule has 0 spiro atoms. The molecule has 182 valence electrons. The van der Waals surface area contributed by atoms with Gasteiger partial charge in [-0.2, -0.15) is 4.31 Å². The van der Waals surface area contributed by atoms with E-state index in [1.54, 1.807) is 18.2 Å². The topological polar surface area (TPSA) is 93.3 Å². The number of piperazine rings is 1. The second-order valence-electron chi connectivity index (χ2n) is 9.08. The van der Waals surface area contributed by atoms with Crippen LogP contribution in [0.4, 0.5) is 5.69 Å². The Morgan fingerprint density at radius 2 is 1.70 bits per heavy atom. The smallest absolute Gasteiger partial charge is 0.243 e. The molecule has 1 aromatic rings. The molecule has 4 rings (SSSR count). The van der Waals surface area contributed by atoms with E-state index in [2.05, 4.69) is 22.0 Å². The molecule has 2 saturated heterocycles. The lowest BCUT2D eigenvalue weighted by molar-refractivity contribution is -0.125. The third-order valence-electron chi connectivity index (χ3n) is 7.02. The average molecular weight is 478 g/mol. The molecule has 0 saturated carbocycles. The van der Waals surface area contributed by atoms with E-state index in [-0.39, 0.29) is 16.7 Å². The number of amides is 2. The summed E-state index contributed by atoms with van der Waals surface area (Å²) >= 11 is 0. The molecule has 3 heterocycles. The summed E-state index contributed by atoms with van der Waals surface area (Å²) in [5.41, 5.74) is 1.35. The first-order chi connectivity index (χ1) is 15.8. The first-order valence-electron chi connectivity index (χ1n) is 12.0. The Labute approximate surface area is 196 Å². The van der Waals surface area contributed by atoms with E-state index in [0.717, 1.165) is 57.7 Å². The third-order valence-corrected chi connectivity index (χ3v) is 8.91. The highest BCUT2D eigenvalue weighted by molar-refractivity contribution is 7.89. The number of anilines is 1. The fourth-order valence-corrected chi connectivity index (χ4v) is 6.62. The molecule has 0 aliphatic carbocycles. The minimum absolute atomic E-state index is 0.197. The van der Waals surface area contributed by atoms with Gasteiger partial charge in [-0.25, -0.2) is 8.42 Å². The molecule has 1 N–H and O–H groups in total. The van der Waals surface area contributed by atoms with Crippen LogP contribution in [0.3, 0.4) is 0 Å². The average Bonchev–Trinajstić information content (AvgIpc) is 3.47. The zero-order chi connectivity index (χ0) is 23.6. The Morgan fingerprint density at radius 3 is 2.33 bits per heavy atom. The van der Waals surface area contributed by atoms with Crippen LogP contribution < -0.4 is 10.2 Å². The van der Waals surface area contributed by atoms with Crippen LogP contribution in [-0.4, -0.2) is 99.3 Å². The third kappa shape index (κ3) is 5.08. The van der Waals surface area contributed by atoms with Crippen molar-refractivity contribution in [2.45, 2.75) is 44.0 Å². The van der Waals surface area contributed by atoms with Gasteiger partial charge in [0.05, 0.1) is 4.90 Å². The van der Waals surface area contributed by atoms with Gasteiger partial charge in [0, 0.05) is 71.4 Å². The van der Waals surface area contributed by atoms with Crippen LogP contribution in [0.15, 0.2) is 23.1 Å². The van der Waals surface area contributed by atoms with E-state index in [4.69, 9.17) is 0 Å². The lowest BCUT2D eigenvalue weighted by atomic mass is 10.1. The largest absolute Gasteiger partial charge is 0.353 e. The summed E-state index contributed by atoms with van der Waals surface area (Å²) in [5, 5.41) is 2.99. The zero-order valence-electron chi connectivity index (χ0n) is 19.6. The van der Waals surface area contributed by atoms with Crippen molar-refractivity contribution < 1.29 is 18.0 Å². The van der Waals surface area contributed by atoms with E-state index in [1.807, 2.05) is 0 Å². The molecular formula is C23H35N5O4S. The van der Waals surface area contributed by atoms with Crippen molar-refractivity contribution in [3.05, 3.63) is 23.8 Å². The van der Waals surface area contributed by atoms with Crippen molar-refractivity contribution in [3.8, 4) is 0 Å². The van der Waals surface area contributed by atoms with Crippen LogP contribution in [0.1, 0.15) is 32.3 Å². The molecule has 0 bridgehead atoms. The Morgan fingerprint density at radius 1 is 1.03 bits per heavy atom.